The molecular formula is C18H26O7S. The van der Waals surface area contributed by atoms with E-state index in [-0.39, 0.29) is 36.2 Å². The average Bonchev–Trinajstić information content (AvgIpc) is 2.62. The highest BCUT2D eigenvalue weighted by molar-refractivity contribution is 7.86. The van der Waals surface area contributed by atoms with Crippen LogP contribution in [0.25, 0.3) is 0 Å². The van der Waals surface area contributed by atoms with Gasteiger partial charge in [-0.25, -0.2) is 9.59 Å². The van der Waals surface area contributed by atoms with Gasteiger partial charge in [0.05, 0.1) is 24.3 Å². The van der Waals surface area contributed by atoms with Gasteiger partial charge in [0.2, 0.25) is 0 Å². The van der Waals surface area contributed by atoms with Gasteiger partial charge in [0.1, 0.15) is 4.90 Å². The maximum absolute atomic E-state index is 12.2. The van der Waals surface area contributed by atoms with Gasteiger partial charge in [-0.2, -0.15) is 8.42 Å². The second-order valence-corrected chi connectivity index (χ2v) is 7.80. The van der Waals surface area contributed by atoms with Crippen LogP contribution >= 0.6 is 0 Å². The molecule has 0 aliphatic heterocycles. The molecule has 146 valence electrons. The lowest BCUT2D eigenvalue weighted by Crippen LogP contribution is -2.17. The summed E-state index contributed by atoms with van der Waals surface area (Å²) in [4.78, 5) is 23.5. The lowest BCUT2D eigenvalue weighted by atomic mass is 10.1. The largest absolute Gasteiger partial charge is 0.462 e. The second kappa shape index (κ2) is 9.68. The van der Waals surface area contributed by atoms with Crippen molar-refractivity contribution in [3.63, 3.8) is 0 Å². The normalized spacial score (nSPS) is 13.7. The Bertz CT molecular complexity index is 740. The van der Waals surface area contributed by atoms with Crippen LogP contribution in [0, 0.1) is 11.8 Å². The third-order valence-corrected chi connectivity index (χ3v) is 5.00. The van der Waals surface area contributed by atoms with Crippen molar-refractivity contribution in [2.75, 3.05) is 13.2 Å². The van der Waals surface area contributed by atoms with Crippen LogP contribution in [0.1, 0.15) is 61.3 Å². The topological polar surface area (TPSA) is 107 Å². The van der Waals surface area contributed by atoms with Crippen molar-refractivity contribution in [2.45, 2.75) is 45.4 Å². The Kier molecular flexibility index (Phi) is 8.23. The van der Waals surface area contributed by atoms with Crippen LogP contribution in [-0.4, -0.2) is 38.1 Å². The fraction of sp³-hybridized carbons (Fsp3) is 0.556. The highest BCUT2D eigenvalue weighted by atomic mass is 32.2. The first-order valence-corrected chi connectivity index (χ1v) is 9.99. The van der Waals surface area contributed by atoms with E-state index in [2.05, 4.69) is 0 Å². The molecule has 1 aromatic rings. The van der Waals surface area contributed by atoms with Crippen LogP contribution in [0.2, 0.25) is 0 Å². The smallest absolute Gasteiger partial charge is 0.339 e. The van der Waals surface area contributed by atoms with E-state index in [1.807, 2.05) is 27.7 Å². The average molecular weight is 386 g/mol. The fourth-order valence-corrected chi connectivity index (χ4v) is 2.57. The van der Waals surface area contributed by atoms with Gasteiger partial charge in [-0.1, -0.05) is 40.5 Å². The Morgan fingerprint density at radius 3 is 1.96 bits per heavy atom. The third-order valence-electron chi connectivity index (χ3n) is 4.11. The third kappa shape index (κ3) is 6.42. The van der Waals surface area contributed by atoms with E-state index in [4.69, 9.17) is 9.47 Å². The van der Waals surface area contributed by atoms with Crippen molar-refractivity contribution in [3.8, 4) is 0 Å². The molecule has 0 heterocycles. The molecule has 0 amide bonds. The van der Waals surface area contributed by atoms with Crippen LogP contribution in [0.3, 0.4) is 0 Å². The van der Waals surface area contributed by atoms with Crippen LogP contribution in [0.5, 0.6) is 0 Å². The summed E-state index contributed by atoms with van der Waals surface area (Å²) in [5.41, 5.74) is -0.395. The van der Waals surface area contributed by atoms with E-state index < -0.39 is 27.0 Å². The molecule has 1 rings (SSSR count). The molecular weight excluding hydrogens is 360 g/mol. The van der Waals surface area contributed by atoms with Crippen molar-refractivity contribution in [3.05, 3.63) is 29.3 Å². The van der Waals surface area contributed by atoms with E-state index >= 15 is 0 Å². The van der Waals surface area contributed by atoms with Gasteiger partial charge in [-0.3, -0.25) is 4.55 Å². The molecule has 26 heavy (non-hydrogen) atoms. The monoisotopic (exact) mass is 386 g/mol. The standard InChI is InChI=1S/C18H26O7S/c1-5-12(3)10-24-17(19)14-7-8-15(16(9-14)26(21,22)23)18(20)25-11-13(4)6-2/h7-9,12-13H,5-6,10-11H2,1-4H3,(H,21,22,23). The van der Waals surface area contributed by atoms with Gasteiger partial charge in [0, 0.05) is 0 Å². The fourth-order valence-electron chi connectivity index (χ4n) is 1.86. The molecule has 0 bridgehead atoms. The summed E-state index contributed by atoms with van der Waals surface area (Å²) < 4.78 is 42.9. The molecule has 0 fully saturated rings. The summed E-state index contributed by atoms with van der Waals surface area (Å²) in [6, 6.07) is 3.34. The molecule has 0 aliphatic rings. The Hall–Kier alpha value is -1.93. The highest BCUT2D eigenvalue weighted by Gasteiger charge is 2.24. The first-order chi connectivity index (χ1) is 12.1. The van der Waals surface area contributed by atoms with E-state index in [9.17, 15) is 22.6 Å². The van der Waals surface area contributed by atoms with Crippen LogP contribution in [-0.2, 0) is 19.6 Å². The first-order valence-electron chi connectivity index (χ1n) is 8.55. The molecule has 0 aliphatic carbocycles. The summed E-state index contributed by atoms with van der Waals surface area (Å²) >= 11 is 0. The Balaban J connectivity index is 3.07. The Morgan fingerprint density at radius 2 is 1.50 bits per heavy atom. The minimum absolute atomic E-state index is 0.0700. The van der Waals surface area contributed by atoms with E-state index in [1.165, 1.54) is 6.07 Å². The van der Waals surface area contributed by atoms with Crippen molar-refractivity contribution in [1.82, 2.24) is 0 Å². The zero-order valence-corrected chi connectivity index (χ0v) is 16.3. The highest BCUT2D eigenvalue weighted by Crippen LogP contribution is 2.20. The van der Waals surface area contributed by atoms with E-state index in [1.54, 1.807) is 0 Å². The SMILES string of the molecule is CCC(C)COC(=O)c1ccc(C(=O)OCC(C)CC)c(S(=O)(=O)O)c1. The van der Waals surface area contributed by atoms with Gasteiger partial charge < -0.3 is 9.47 Å². The summed E-state index contributed by atoms with van der Waals surface area (Å²) in [6.45, 7) is 7.99. The second-order valence-electron chi connectivity index (χ2n) is 6.41. The van der Waals surface area contributed by atoms with E-state index in [0.717, 1.165) is 25.0 Å². The van der Waals surface area contributed by atoms with E-state index in [0.29, 0.717) is 0 Å². The molecule has 0 spiro atoms. The molecule has 7 nitrogen and oxygen atoms in total. The number of carbonyl (C=O) groups excluding carboxylic acids is 2. The number of hydrogen-bond acceptors (Lipinski definition) is 6. The molecule has 2 unspecified atom stereocenters. The minimum atomic E-state index is -4.72. The minimum Gasteiger partial charge on any atom is -0.462 e. The van der Waals surface area contributed by atoms with Gasteiger partial charge in [-0.15, -0.1) is 0 Å². The van der Waals surface area contributed by atoms with Crippen LogP contribution < -0.4 is 0 Å². The molecule has 1 N–H and O–H groups in total. The van der Waals surface area contributed by atoms with Crippen molar-refractivity contribution in [2.24, 2.45) is 11.8 Å². The summed E-state index contributed by atoms with van der Waals surface area (Å²) in [7, 11) is -4.72. The lowest BCUT2D eigenvalue weighted by Gasteiger charge is -2.13. The van der Waals surface area contributed by atoms with Gasteiger partial charge in [0.25, 0.3) is 10.1 Å². The Labute approximate surface area is 154 Å². The lowest BCUT2D eigenvalue weighted by molar-refractivity contribution is 0.0429. The summed E-state index contributed by atoms with van der Waals surface area (Å²) in [6.07, 6.45) is 1.61. The predicted octanol–water partition coefficient (Wildman–Crippen LogP) is 3.34. The summed E-state index contributed by atoms with van der Waals surface area (Å²) in [5.74, 6) is -1.33. The number of carbonyl (C=O) groups is 2. The van der Waals surface area contributed by atoms with Crippen molar-refractivity contribution in [1.29, 1.82) is 0 Å². The van der Waals surface area contributed by atoms with Crippen LogP contribution in [0.4, 0.5) is 0 Å². The maximum atomic E-state index is 12.2. The first kappa shape index (κ1) is 22.1. The van der Waals surface area contributed by atoms with Crippen LogP contribution in [0.15, 0.2) is 23.1 Å². The summed E-state index contributed by atoms with van der Waals surface area (Å²) in [5, 5.41) is 0. The zero-order chi connectivity index (χ0) is 19.9. The molecule has 0 aromatic heterocycles. The molecule has 0 radical (unpaired) electrons. The predicted molar refractivity (Wildman–Crippen MR) is 95.7 cm³/mol. The maximum Gasteiger partial charge on any atom is 0.339 e. The van der Waals surface area contributed by atoms with Crippen molar-refractivity contribution >= 4 is 22.1 Å². The number of hydrogen-bond donors (Lipinski definition) is 1. The molecule has 8 heteroatoms. The number of benzene rings is 1. The van der Waals surface area contributed by atoms with Gasteiger partial charge in [-0.05, 0) is 30.0 Å². The molecule has 1 aromatic carbocycles. The zero-order valence-electron chi connectivity index (χ0n) is 15.5. The molecule has 0 saturated heterocycles. The molecule has 0 saturated carbocycles. The molecule has 2 atom stereocenters. The van der Waals surface area contributed by atoms with Gasteiger partial charge >= 0.3 is 11.9 Å². The van der Waals surface area contributed by atoms with Crippen molar-refractivity contribution < 1.29 is 32.0 Å². The number of esters is 2. The quantitative estimate of drug-likeness (QED) is 0.512. The number of ether oxygens (including phenoxy) is 2. The van der Waals surface area contributed by atoms with Gasteiger partial charge in [0.15, 0.2) is 0 Å². The number of rotatable bonds is 9. The Morgan fingerprint density at radius 1 is 1.00 bits per heavy atom.